The average Bonchev–Trinajstić information content (AvgIpc) is 4.29. The number of rotatable bonds is 4. The fourth-order valence-electron chi connectivity index (χ4n) is 11.5. The molecule has 2 aliphatic heterocycles. The van der Waals surface area contributed by atoms with Crippen LogP contribution in [0.2, 0.25) is 0 Å². The summed E-state index contributed by atoms with van der Waals surface area (Å²) >= 11 is 7.38. The van der Waals surface area contributed by atoms with Gasteiger partial charge in [0, 0.05) is 70.9 Å². The van der Waals surface area contributed by atoms with Crippen molar-refractivity contribution in [3.8, 4) is 44.5 Å². The molecule has 0 atom stereocenters. The third-order valence-corrected chi connectivity index (χ3v) is 19.9. The SMILES string of the molecule is Cc1cccc(C)c1-c1c2nc(c3ccc([nH]3)c(-c3c(C)cccc3C)c3ccc(s3)c3ccc(s3)c(-c3c(C)cccc3C)c3nc(c4ccc([nH]4)c(-c4c(C)cccc4C)c4ccc(s4)c4ccc1s4)C=C3)C=C2. The highest BCUT2D eigenvalue weighted by Crippen LogP contribution is 2.45. The third kappa shape index (κ3) is 8.32. The van der Waals surface area contributed by atoms with E-state index in [1.165, 1.54) is 115 Å². The van der Waals surface area contributed by atoms with Gasteiger partial charge < -0.3 is 9.97 Å². The van der Waals surface area contributed by atoms with Crippen molar-refractivity contribution in [3.63, 3.8) is 0 Å². The Morgan fingerprint density at radius 2 is 0.474 bits per heavy atom. The Morgan fingerprint density at radius 1 is 0.237 bits per heavy atom. The molecule has 4 aromatic carbocycles. The maximum Gasteiger partial charge on any atom is 0.0872 e. The molecular weight excluding hydrogens is 1000 g/mol. The lowest BCUT2D eigenvalue weighted by atomic mass is 9.95. The summed E-state index contributed by atoms with van der Waals surface area (Å²) in [6.45, 7) is 17.8. The normalized spacial score (nSPS) is 12.1. The van der Waals surface area contributed by atoms with Crippen LogP contribution in [0, 0.1) is 55.4 Å². The summed E-state index contributed by atoms with van der Waals surface area (Å²) in [6.07, 6.45) is 8.77. The van der Waals surface area contributed by atoms with E-state index in [9.17, 15) is 0 Å². The van der Waals surface area contributed by atoms with E-state index < -0.39 is 0 Å². The zero-order valence-electron chi connectivity index (χ0n) is 43.7. The largest absolute Gasteiger partial charge is 0.353 e. The summed E-state index contributed by atoms with van der Waals surface area (Å²) in [5, 5.41) is 0. The van der Waals surface area contributed by atoms with Crippen LogP contribution in [0.1, 0.15) is 67.3 Å². The molecule has 7 aromatic heterocycles. The topological polar surface area (TPSA) is 57.4 Å². The van der Waals surface area contributed by atoms with Gasteiger partial charge in [0.2, 0.25) is 0 Å². The molecule has 0 spiro atoms. The number of benzene rings is 4. The number of nitrogens with zero attached hydrogens (tertiary/aromatic N) is 2. The van der Waals surface area contributed by atoms with E-state index >= 15 is 0 Å². The molecule has 13 rings (SSSR count). The van der Waals surface area contributed by atoms with Gasteiger partial charge in [0.25, 0.3) is 0 Å². The predicted octanol–water partition coefficient (Wildman–Crippen LogP) is 20.9. The van der Waals surface area contributed by atoms with Crippen LogP contribution in [-0.2, 0) is 0 Å². The fourth-order valence-corrected chi connectivity index (χ4v) is 15.9. The molecule has 0 unspecified atom stereocenters. The van der Waals surface area contributed by atoms with Crippen LogP contribution in [0.3, 0.4) is 0 Å². The van der Waals surface area contributed by atoms with Crippen molar-refractivity contribution in [1.29, 1.82) is 0 Å². The summed E-state index contributed by atoms with van der Waals surface area (Å²) in [4.78, 5) is 18.8. The Kier molecular flexibility index (Phi) is 12.1. The number of aromatic amines is 2. The lowest BCUT2D eigenvalue weighted by Crippen LogP contribution is -1.91. The molecule has 16 bridgehead atoms. The van der Waals surface area contributed by atoms with Crippen molar-refractivity contribution in [3.05, 3.63) is 213 Å². The Labute approximate surface area is 458 Å². The van der Waals surface area contributed by atoms with E-state index in [0.29, 0.717) is 0 Å². The summed E-state index contributed by atoms with van der Waals surface area (Å²) in [7, 11) is 0. The highest BCUT2D eigenvalue weighted by atomic mass is 32.1. The molecule has 370 valence electrons. The fraction of sp³-hybridized carbons (Fsp3) is 0.118. The quantitative estimate of drug-likeness (QED) is 0.185. The van der Waals surface area contributed by atoms with Crippen molar-refractivity contribution >= 4 is 129 Å². The first kappa shape index (κ1) is 48.0. The Hall–Kier alpha value is -7.72. The summed E-state index contributed by atoms with van der Waals surface area (Å²) in [6, 6.07) is 53.7. The van der Waals surface area contributed by atoms with E-state index in [1.54, 1.807) is 0 Å². The van der Waals surface area contributed by atoms with E-state index in [4.69, 9.17) is 9.97 Å². The molecule has 0 aliphatic carbocycles. The molecule has 0 amide bonds. The van der Waals surface area contributed by atoms with Crippen molar-refractivity contribution < 1.29 is 0 Å². The number of H-pyrrole nitrogens is 2. The smallest absolute Gasteiger partial charge is 0.0872 e. The molecule has 4 nitrogen and oxygen atoms in total. The van der Waals surface area contributed by atoms with Crippen LogP contribution in [0.15, 0.2) is 146 Å². The zero-order chi connectivity index (χ0) is 51.9. The van der Waals surface area contributed by atoms with Gasteiger partial charge in [0.05, 0.1) is 33.8 Å². The van der Waals surface area contributed by atoms with Gasteiger partial charge in [-0.25, -0.2) is 9.97 Å². The molecule has 8 heteroatoms. The molecule has 76 heavy (non-hydrogen) atoms. The standard InChI is InChI=1S/C68H54N4S4/c1-37-13-9-14-38(2)61(37)65-49-25-21-45(69-49)46-22-26-50(70-46)66(62-39(3)15-10-16-40(62)4)59-35-31-55(75-59)56-32-36-60(76-56)68(64-43(7)19-12-20-44(64)8)52-28-24-48(72-52)47-23-27-51(71-47)67(63-41(5)17-11-18-42(63)6)58-34-30-54(74-58)53-29-33-57(65)73-53/h9-36,69,72H,1-8H3. The molecule has 0 saturated heterocycles. The second kappa shape index (κ2) is 19.1. The monoisotopic (exact) mass is 1050 g/mol. The van der Waals surface area contributed by atoms with Crippen LogP contribution >= 0.6 is 45.3 Å². The van der Waals surface area contributed by atoms with E-state index in [-0.39, 0.29) is 0 Å². The zero-order valence-corrected chi connectivity index (χ0v) is 47.0. The minimum Gasteiger partial charge on any atom is -0.353 e. The first-order valence-corrected chi connectivity index (χ1v) is 29.1. The number of aromatic nitrogens is 4. The summed E-state index contributed by atoms with van der Waals surface area (Å²) in [5.74, 6) is 0. The Bertz CT molecular complexity index is 4260. The van der Waals surface area contributed by atoms with Gasteiger partial charge in [-0.2, -0.15) is 0 Å². The van der Waals surface area contributed by atoms with E-state index in [2.05, 4.69) is 235 Å². The first-order valence-electron chi connectivity index (χ1n) is 25.8. The number of hydrogen-bond acceptors (Lipinski definition) is 6. The number of fused-ring (bicyclic) bond motifs is 20. The predicted molar refractivity (Wildman–Crippen MR) is 335 cm³/mol. The number of nitrogens with one attached hydrogen (secondary N) is 2. The molecular formula is C68H54N4S4. The molecule has 2 aliphatic rings. The highest BCUT2D eigenvalue weighted by molar-refractivity contribution is 7.31. The van der Waals surface area contributed by atoms with Gasteiger partial charge >= 0.3 is 0 Å². The van der Waals surface area contributed by atoms with Crippen LogP contribution in [0.4, 0.5) is 0 Å². The molecule has 0 fully saturated rings. The lowest BCUT2D eigenvalue weighted by Gasteiger charge is -2.11. The van der Waals surface area contributed by atoms with E-state index in [0.717, 1.165) is 56.0 Å². The minimum atomic E-state index is 0.918. The number of aryl methyl sites for hydroxylation is 8. The van der Waals surface area contributed by atoms with Gasteiger partial charge in [-0.1, -0.05) is 72.8 Å². The van der Waals surface area contributed by atoms with Gasteiger partial charge in [-0.15, -0.1) is 45.3 Å². The second-order valence-corrected chi connectivity index (χ2v) is 24.6. The molecule has 0 saturated carbocycles. The van der Waals surface area contributed by atoms with Crippen molar-refractivity contribution in [2.24, 2.45) is 0 Å². The maximum absolute atomic E-state index is 5.50. The summed E-state index contributed by atoms with van der Waals surface area (Å²) < 4.78 is 9.72. The second-order valence-electron chi connectivity index (χ2n) is 20.2. The van der Waals surface area contributed by atoms with Gasteiger partial charge in [-0.3, -0.25) is 0 Å². The Balaban J connectivity index is 1.16. The van der Waals surface area contributed by atoms with Crippen molar-refractivity contribution in [1.82, 2.24) is 19.9 Å². The van der Waals surface area contributed by atoms with Crippen LogP contribution < -0.4 is 0 Å². The average molecular weight is 1060 g/mol. The van der Waals surface area contributed by atoms with E-state index in [1.807, 2.05) is 45.3 Å². The lowest BCUT2D eigenvalue weighted by molar-refractivity contribution is 1.31. The third-order valence-electron chi connectivity index (χ3n) is 15.1. The maximum atomic E-state index is 5.50. The summed E-state index contributed by atoms with van der Waals surface area (Å²) in [5.41, 5.74) is 27.4. The van der Waals surface area contributed by atoms with Crippen LogP contribution in [-0.4, -0.2) is 19.9 Å². The van der Waals surface area contributed by atoms with Crippen LogP contribution in [0.25, 0.3) is 128 Å². The molecule has 0 radical (unpaired) electrons. The van der Waals surface area contributed by atoms with Crippen molar-refractivity contribution in [2.45, 2.75) is 55.4 Å². The van der Waals surface area contributed by atoms with Crippen molar-refractivity contribution in [2.75, 3.05) is 0 Å². The van der Waals surface area contributed by atoms with Gasteiger partial charge in [0.15, 0.2) is 0 Å². The first-order chi connectivity index (χ1) is 36.9. The van der Waals surface area contributed by atoms with Gasteiger partial charge in [0.1, 0.15) is 0 Å². The molecule has 11 aromatic rings. The molecule has 2 N–H and O–H groups in total. The minimum absolute atomic E-state index is 0.918. The highest BCUT2D eigenvalue weighted by Gasteiger charge is 2.20. The Morgan fingerprint density at radius 3 is 0.776 bits per heavy atom. The number of hydrogen-bond donors (Lipinski definition) is 2. The number of thiophene rings is 4. The molecule has 9 heterocycles. The van der Waals surface area contributed by atoms with Crippen LogP contribution in [0.5, 0.6) is 0 Å². The van der Waals surface area contributed by atoms with Gasteiger partial charge in [-0.05, 0) is 219 Å².